The van der Waals surface area contributed by atoms with Crippen LogP contribution < -0.4 is 5.73 Å². The molecule has 0 amide bonds. The van der Waals surface area contributed by atoms with Crippen molar-refractivity contribution < 1.29 is 4.39 Å². The molecule has 78 valence electrons. The van der Waals surface area contributed by atoms with Crippen LogP contribution in [-0.4, -0.2) is 0 Å². The Kier molecular flexibility index (Phi) is 2.84. The summed E-state index contributed by atoms with van der Waals surface area (Å²) in [5.41, 5.74) is 8.23. The molecule has 2 N–H and O–H groups in total. The molecule has 0 unspecified atom stereocenters. The van der Waals surface area contributed by atoms with E-state index >= 15 is 0 Å². The van der Waals surface area contributed by atoms with Crippen LogP contribution in [0.15, 0.2) is 29.6 Å². The first-order valence-corrected chi connectivity index (χ1v) is 5.63. The Morgan fingerprint density at radius 1 is 1.27 bits per heavy atom. The number of halogens is 1. The number of thiophene rings is 1. The van der Waals surface area contributed by atoms with Gasteiger partial charge in [0.1, 0.15) is 5.82 Å². The first kappa shape index (κ1) is 10.3. The molecule has 1 aromatic carbocycles. The van der Waals surface area contributed by atoms with Gasteiger partial charge in [-0.25, -0.2) is 4.39 Å². The summed E-state index contributed by atoms with van der Waals surface area (Å²) in [4.78, 5) is 1.03. The normalized spacial score (nSPS) is 10.6. The maximum absolute atomic E-state index is 13.6. The smallest absolute Gasteiger partial charge is 0.131 e. The Bertz CT molecular complexity index is 476. The number of hydrogen-bond acceptors (Lipinski definition) is 2. The van der Waals surface area contributed by atoms with E-state index in [4.69, 9.17) is 5.73 Å². The predicted molar refractivity (Wildman–Crippen MR) is 62.3 cm³/mol. The van der Waals surface area contributed by atoms with Crippen molar-refractivity contribution in [2.24, 2.45) is 5.73 Å². The Morgan fingerprint density at radius 2 is 2.07 bits per heavy atom. The van der Waals surface area contributed by atoms with Crippen LogP contribution in [0.2, 0.25) is 0 Å². The third-order valence-corrected chi connectivity index (χ3v) is 3.29. The van der Waals surface area contributed by atoms with Gasteiger partial charge in [-0.05, 0) is 36.1 Å². The zero-order chi connectivity index (χ0) is 10.8. The van der Waals surface area contributed by atoms with Gasteiger partial charge in [0, 0.05) is 17.0 Å². The van der Waals surface area contributed by atoms with Gasteiger partial charge in [0.2, 0.25) is 0 Å². The first-order valence-electron chi connectivity index (χ1n) is 4.75. The second-order valence-electron chi connectivity index (χ2n) is 3.44. The van der Waals surface area contributed by atoms with Crippen LogP contribution in [0.5, 0.6) is 0 Å². The van der Waals surface area contributed by atoms with Crippen molar-refractivity contribution in [2.45, 2.75) is 13.5 Å². The lowest BCUT2D eigenvalue weighted by atomic mass is 10.0. The average Bonchev–Trinajstić information content (AvgIpc) is 2.69. The molecule has 2 aromatic rings. The van der Waals surface area contributed by atoms with Crippen LogP contribution in [0.1, 0.15) is 10.4 Å². The highest BCUT2D eigenvalue weighted by molar-refractivity contribution is 7.10. The largest absolute Gasteiger partial charge is 0.326 e. The SMILES string of the molecule is Cc1ccc(F)c(-c2ccsc2CN)c1. The van der Waals surface area contributed by atoms with E-state index < -0.39 is 0 Å². The standard InChI is InChI=1S/C12H12FNS/c1-8-2-3-11(13)10(6-8)9-4-5-15-12(9)7-14/h2-6H,7,14H2,1H3. The second-order valence-corrected chi connectivity index (χ2v) is 4.45. The van der Waals surface area contributed by atoms with Crippen molar-refractivity contribution in [1.29, 1.82) is 0 Å². The van der Waals surface area contributed by atoms with Gasteiger partial charge in [0.25, 0.3) is 0 Å². The summed E-state index contributed by atoms with van der Waals surface area (Å²) in [7, 11) is 0. The predicted octanol–water partition coefficient (Wildman–Crippen LogP) is 3.32. The van der Waals surface area contributed by atoms with Crippen LogP contribution in [0.3, 0.4) is 0 Å². The van der Waals surface area contributed by atoms with E-state index in [-0.39, 0.29) is 5.82 Å². The van der Waals surface area contributed by atoms with Crippen LogP contribution in [0.25, 0.3) is 11.1 Å². The van der Waals surface area contributed by atoms with Gasteiger partial charge in [-0.3, -0.25) is 0 Å². The first-order chi connectivity index (χ1) is 7.22. The van der Waals surface area contributed by atoms with Crippen LogP contribution in [0, 0.1) is 12.7 Å². The van der Waals surface area contributed by atoms with Crippen molar-refractivity contribution in [3.8, 4) is 11.1 Å². The summed E-state index contributed by atoms with van der Waals surface area (Å²) in [6, 6.07) is 7.05. The Balaban J connectivity index is 2.58. The fraction of sp³-hybridized carbons (Fsp3) is 0.167. The van der Waals surface area contributed by atoms with Gasteiger partial charge in [-0.2, -0.15) is 0 Å². The fourth-order valence-corrected chi connectivity index (χ4v) is 2.35. The van der Waals surface area contributed by atoms with Crippen LogP contribution >= 0.6 is 11.3 Å². The second kappa shape index (κ2) is 4.13. The van der Waals surface area contributed by atoms with Gasteiger partial charge >= 0.3 is 0 Å². The molecule has 0 aliphatic heterocycles. The minimum absolute atomic E-state index is 0.186. The number of benzene rings is 1. The van der Waals surface area contributed by atoms with Gasteiger partial charge in [0.05, 0.1) is 0 Å². The number of rotatable bonds is 2. The highest BCUT2D eigenvalue weighted by Crippen LogP contribution is 2.30. The van der Waals surface area contributed by atoms with E-state index in [2.05, 4.69) is 0 Å². The van der Waals surface area contributed by atoms with Crippen molar-refractivity contribution in [1.82, 2.24) is 0 Å². The quantitative estimate of drug-likeness (QED) is 0.827. The van der Waals surface area contributed by atoms with Crippen molar-refractivity contribution >= 4 is 11.3 Å². The molecule has 0 spiro atoms. The molecule has 1 aromatic heterocycles. The number of aryl methyl sites for hydroxylation is 1. The highest BCUT2D eigenvalue weighted by Gasteiger charge is 2.10. The molecule has 2 rings (SSSR count). The lowest BCUT2D eigenvalue weighted by Crippen LogP contribution is -1.96. The van der Waals surface area contributed by atoms with Crippen LogP contribution in [0.4, 0.5) is 4.39 Å². The molecule has 0 saturated heterocycles. The minimum atomic E-state index is -0.186. The Labute approximate surface area is 92.4 Å². The zero-order valence-corrected chi connectivity index (χ0v) is 9.27. The molecule has 1 heterocycles. The fourth-order valence-electron chi connectivity index (χ4n) is 1.58. The van der Waals surface area contributed by atoms with E-state index in [0.29, 0.717) is 12.1 Å². The molecule has 0 saturated carbocycles. The molecule has 3 heteroatoms. The van der Waals surface area contributed by atoms with Gasteiger partial charge < -0.3 is 5.73 Å². The van der Waals surface area contributed by atoms with E-state index in [1.807, 2.05) is 24.4 Å². The minimum Gasteiger partial charge on any atom is -0.326 e. The molecular formula is C12H12FNS. The van der Waals surface area contributed by atoms with E-state index in [9.17, 15) is 4.39 Å². The van der Waals surface area contributed by atoms with Gasteiger partial charge in [-0.1, -0.05) is 11.6 Å². The summed E-state index contributed by atoms with van der Waals surface area (Å²) >= 11 is 1.57. The summed E-state index contributed by atoms with van der Waals surface area (Å²) < 4.78 is 13.6. The topological polar surface area (TPSA) is 26.0 Å². The maximum Gasteiger partial charge on any atom is 0.131 e. The number of hydrogen-bond donors (Lipinski definition) is 1. The molecule has 0 aliphatic rings. The zero-order valence-electron chi connectivity index (χ0n) is 8.46. The molecule has 0 fully saturated rings. The Hall–Kier alpha value is -1.19. The van der Waals surface area contributed by atoms with Crippen molar-refractivity contribution in [3.05, 3.63) is 45.9 Å². The van der Waals surface area contributed by atoms with Crippen molar-refractivity contribution in [3.63, 3.8) is 0 Å². The lowest BCUT2D eigenvalue weighted by molar-refractivity contribution is 0.631. The summed E-state index contributed by atoms with van der Waals surface area (Å²) in [6.07, 6.45) is 0. The summed E-state index contributed by atoms with van der Waals surface area (Å²) in [5, 5.41) is 1.94. The molecular weight excluding hydrogens is 209 g/mol. The molecule has 0 aliphatic carbocycles. The third-order valence-electron chi connectivity index (χ3n) is 2.34. The van der Waals surface area contributed by atoms with E-state index in [0.717, 1.165) is 16.0 Å². The lowest BCUT2D eigenvalue weighted by Gasteiger charge is -2.04. The van der Waals surface area contributed by atoms with Gasteiger partial charge in [0.15, 0.2) is 0 Å². The third kappa shape index (κ3) is 1.94. The highest BCUT2D eigenvalue weighted by atomic mass is 32.1. The van der Waals surface area contributed by atoms with E-state index in [1.54, 1.807) is 17.4 Å². The molecule has 0 atom stereocenters. The molecule has 15 heavy (non-hydrogen) atoms. The van der Waals surface area contributed by atoms with Crippen LogP contribution in [-0.2, 0) is 6.54 Å². The monoisotopic (exact) mass is 221 g/mol. The molecule has 1 nitrogen and oxygen atoms in total. The summed E-state index contributed by atoms with van der Waals surface area (Å²) in [5.74, 6) is -0.186. The molecule has 0 bridgehead atoms. The van der Waals surface area contributed by atoms with Gasteiger partial charge in [-0.15, -0.1) is 11.3 Å². The average molecular weight is 221 g/mol. The maximum atomic E-state index is 13.6. The number of nitrogens with two attached hydrogens (primary N) is 1. The molecule has 0 radical (unpaired) electrons. The van der Waals surface area contributed by atoms with E-state index in [1.165, 1.54) is 6.07 Å². The van der Waals surface area contributed by atoms with Crippen molar-refractivity contribution in [2.75, 3.05) is 0 Å². The summed E-state index contributed by atoms with van der Waals surface area (Å²) in [6.45, 7) is 2.41. The Morgan fingerprint density at radius 3 is 2.80 bits per heavy atom.